The van der Waals surface area contributed by atoms with Crippen LogP contribution in [0.5, 0.6) is 0 Å². The monoisotopic (exact) mass is 246 g/mol. The van der Waals surface area contributed by atoms with Gasteiger partial charge in [-0.1, -0.05) is 6.92 Å². The van der Waals surface area contributed by atoms with Crippen LogP contribution in [0.1, 0.15) is 43.5 Å². The van der Waals surface area contributed by atoms with Crippen LogP contribution in [-0.4, -0.2) is 30.1 Å². The SMILES string of the molecule is CNc1nc(C2CC2)nc(N2CCC(C)C2)c1C. The van der Waals surface area contributed by atoms with Crippen LogP contribution >= 0.6 is 0 Å². The molecule has 4 heteroatoms. The molecule has 2 aliphatic rings. The van der Waals surface area contributed by atoms with Crippen molar-refractivity contribution in [1.29, 1.82) is 0 Å². The maximum absolute atomic E-state index is 4.83. The largest absolute Gasteiger partial charge is 0.373 e. The van der Waals surface area contributed by atoms with E-state index in [2.05, 4.69) is 29.0 Å². The first-order valence-corrected chi connectivity index (χ1v) is 7.00. The molecule has 4 nitrogen and oxygen atoms in total. The molecule has 2 fully saturated rings. The van der Waals surface area contributed by atoms with Crippen LogP contribution in [0.3, 0.4) is 0 Å². The minimum absolute atomic E-state index is 0.608. The smallest absolute Gasteiger partial charge is 0.137 e. The molecular weight excluding hydrogens is 224 g/mol. The molecule has 1 unspecified atom stereocenters. The van der Waals surface area contributed by atoms with Crippen LogP contribution in [0.15, 0.2) is 0 Å². The zero-order valence-electron chi connectivity index (χ0n) is 11.5. The Balaban J connectivity index is 1.98. The molecule has 0 amide bonds. The first-order valence-electron chi connectivity index (χ1n) is 7.00. The highest BCUT2D eigenvalue weighted by molar-refractivity contribution is 5.59. The van der Waals surface area contributed by atoms with Gasteiger partial charge in [-0.3, -0.25) is 0 Å². The summed E-state index contributed by atoms with van der Waals surface area (Å²) in [6, 6.07) is 0. The van der Waals surface area contributed by atoms with Crippen molar-refractivity contribution in [2.75, 3.05) is 30.4 Å². The average Bonchev–Trinajstić information content (AvgIpc) is 3.12. The minimum Gasteiger partial charge on any atom is -0.373 e. The van der Waals surface area contributed by atoms with Crippen molar-refractivity contribution in [2.45, 2.75) is 39.0 Å². The van der Waals surface area contributed by atoms with E-state index in [0.717, 1.165) is 36.5 Å². The van der Waals surface area contributed by atoms with E-state index in [1.165, 1.54) is 24.8 Å². The van der Waals surface area contributed by atoms with Crippen molar-refractivity contribution in [3.63, 3.8) is 0 Å². The predicted octanol–water partition coefficient (Wildman–Crippen LogP) is 2.55. The van der Waals surface area contributed by atoms with Crippen LogP contribution < -0.4 is 10.2 Å². The van der Waals surface area contributed by atoms with Gasteiger partial charge in [0.15, 0.2) is 0 Å². The third-order valence-corrected chi connectivity index (χ3v) is 4.04. The average molecular weight is 246 g/mol. The number of hydrogen-bond acceptors (Lipinski definition) is 4. The van der Waals surface area contributed by atoms with Crippen molar-refractivity contribution in [3.8, 4) is 0 Å². The highest BCUT2D eigenvalue weighted by Gasteiger charge is 2.30. The Labute approximate surface area is 109 Å². The number of hydrogen-bond donors (Lipinski definition) is 1. The standard InChI is InChI=1S/C14H22N4/c1-9-6-7-18(8-9)14-10(2)12(15-3)16-13(17-14)11-4-5-11/h9,11H,4-8H2,1-3H3,(H,15,16,17). The van der Waals surface area contributed by atoms with Gasteiger partial charge in [0.2, 0.25) is 0 Å². The summed E-state index contributed by atoms with van der Waals surface area (Å²) in [7, 11) is 1.95. The highest BCUT2D eigenvalue weighted by atomic mass is 15.2. The van der Waals surface area contributed by atoms with Gasteiger partial charge in [0.25, 0.3) is 0 Å². The summed E-state index contributed by atoms with van der Waals surface area (Å²) >= 11 is 0. The van der Waals surface area contributed by atoms with Gasteiger partial charge < -0.3 is 10.2 Å². The molecule has 1 atom stereocenters. The molecule has 1 aliphatic heterocycles. The molecule has 1 aromatic heterocycles. The fraction of sp³-hybridized carbons (Fsp3) is 0.714. The fourth-order valence-electron chi connectivity index (χ4n) is 2.72. The van der Waals surface area contributed by atoms with Crippen molar-refractivity contribution in [3.05, 3.63) is 11.4 Å². The first kappa shape index (κ1) is 11.8. The zero-order valence-corrected chi connectivity index (χ0v) is 11.5. The minimum atomic E-state index is 0.608. The lowest BCUT2D eigenvalue weighted by Crippen LogP contribution is -2.23. The number of nitrogens with zero attached hydrogens (tertiary/aromatic N) is 3. The van der Waals surface area contributed by atoms with Crippen molar-refractivity contribution in [1.82, 2.24) is 9.97 Å². The molecule has 98 valence electrons. The lowest BCUT2D eigenvalue weighted by Gasteiger charge is -2.21. The van der Waals surface area contributed by atoms with Gasteiger partial charge in [-0.2, -0.15) is 0 Å². The summed E-state index contributed by atoms with van der Waals surface area (Å²) in [6.45, 7) is 6.70. The Kier molecular flexibility index (Phi) is 2.88. The molecule has 1 aliphatic carbocycles. The van der Waals surface area contributed by atoms with Crippen LogP contribution in [0, 0.1) is 12.8 Å². The van der Waals surface area contributed by atoms with Crippen LogP contribution in [0.4, 0.5) is 11.6 Å². The third kappa shape index (κ3) is 2.04. The number of nitrogens with one attached hydrogen (secondary N) is 1. The van der Waals surface area contributed by atoms with Gasteiger partial charge in [-0.05, 0) is 32.1 Å². The van der Waals surface area contributed by atoms with E-state index in [-0.39, 0.29) is 0 Å². The Morgan fingerprint density at radius 1 is 1.22 bits per heavy atom. The summed E-state index contributed by atoms with van der Waals surface area (Å²) in [6.07, 6.45) is 3.78. The maximum Gasteiger partial charge on any atom is 0.137 e. The van der Waals surface area contributed by atoms with E-state index in [9.17, 15) is 0 Å². The Morgan fingerprint density at radius 2 is 2.00 bits per heavy atom. The quantitative estimate of drug-likeness (QED) is 0.890. The molecule has 0 aromatic carbocycles. The van der Waals surface area contributed by atoms with E-state index >= 15 is 0 Å². The molecule has 1 saturated carbocycles. The molecule has 0 spiro atoms. The van der Waals surface area contributed by atoms with Gasteiger partial charge in [-0.15, -0.1) is 0 Å². The maximum atomic E-state index is 4.83. The molecule has 1 aromatic rings. The summed E-state index contributed by atoms with van der Waals surface area (Å²) in [5.41, 5.74) is 1.19. The molecule has 0 bridgehead atoms. The van der Waals surface area contributed by atoms with Crippen LogP contribution in [-0.2, 0) is 0 Å². The van der Waals surface area contributed by atoms with Gasteiger partial charge in [0.05, 0.1) is 0 Å². The number of aromatic nitrogens is 2. The second-order valence-corrected chi connectivity index (χ2v) is 5.74. The highest BCUT2D eigenvalue weighted by Crippen LogP contribution is 2.40. The molecule has 1 saturated heterocycles. The Morgan fingerprint density at radius 3 is 2.56 bits per heavy atom. The summed E-state index contributed by atoms with van der Waals surface area (Å²) in [5.74, 6) is 4.58. The van der Waals surface area contributed by atoms with E-state index in [4.69, 9.17) is 4.98 Å². The Bertz CT molecular complexity index is 453. The second kappa shape index (κ2) is 4.41. The zero-order chi connectivity index (χ0) is 12.7. The first-order chi connectivity index (χ1) is 8.69. The normalized spacial score (nSPS) is 23.5. The van der Waals surface area contributed by atoms with Gasteiger partial charge in [0.1, 0.15) is 17.5 Å². The molecule has 0 radical (unpaired) electrons. The number of anilines is 2. The van der Waals surface area contributed by atoms with Crippen LogP contribution in [0.25, 0.3) is 0 Å². The van der Waals surface area contributed by atoms with Gasteiger partial charge in [-0.25, -0.2) is 9.97 Å². The third-order valence-electron chi connectivity index (χ3n) is 4.04. The molecule has 18 heavy (non-hydrogen) atoms. The van der Waals surface area contributed by atoms with E-state index in [0.29, 0.717) is 5.92 Å². The molecule has 1 N–H and O–H groups in total. The lowest BCUT2D eigenvalue weighted by molar-refractivity contribution is 0.658. The fourth-order valence-corrected chi connectivity index (χ4v) is 2.72. The lowest BCUT2D eigenvalue weighted by atomic mass is 10.2. The summed E-state index contributed by atoms with van der Waals surface area (Å²) < 4.78 is 0. The van der Waals surface area contributed by atoms with E-state index < -0.39 is 0 Å². The summed E-state index contributed by atoms with van der Waals surface area (Å²) in [5, 5.41) is 3.22. The van der Waals surface area contributed by atoms with Crippen LogP contribution in [0.2, 0.25) is 0 Å². The van der Waals surface area contributed by atoms with E-state index in [1.54, 1.807) is 0 Å². The van der Waals surface area contributed by atoms with Crippen molar-refractivity contribution >= 4 is 11.6 Å². The molecule has 3 rings (SSSR count). The second-order valence-electron chi connectivity index (χ2n) is 5.74. The summed E-state index contributed by atoms with van der Waals surface area (Å²) in [4.78, 5) is 11.9. The van der Waals surface area contributed by atoms with Gasteiger partial charge in [0, 0.05) is 31.6 Å². The molecule has 2 heterocycles. The van der Waals surface area contributed by atoms with Crippen molar-refractivity contribution < 1.29 is 0 Å². The topological polar surface area (TPSA) is 41.1 Å². The predicted molar refractivity (Wildman–Crippen MR) is 74.3 cm³/mol. The van der Waals surface area contributed by atoms with Crippen molar-refractivity contribution in [2.24, 2.45) is 5.92 Å². The Hall–Kier alpha value is -1.32. The van der Waals surface area contributed by atoms with E-state index in [1.807, 2.05) is 7.05 Å². The number of rotatable bonds is 3. The molecular formula is C14H22N4. The van der Waals surface area contributed by atoms with Gasteiger partial charge >= 0.3 is 0 Å².